The minimum Gasteiger partial charge on any atom is -0.378 e. The molecular weight excluding hydrogens is 901 g/mol. The smallest absolute Gasteiger partial charge is 0.0850 e. The molecule has 74 heavy (non-hydrogen) atoms. The van der Waals surface area contributed by atoms with Gasteiger partial charge in [-0.2, -0.15) is 0 Å². The maximum Gasteiger partial charge on any atom is 0.0850 e. The van der Waals surface area contributed by atoms with E-state index < -0.39 is 0 Å². The van der Waals surface area contributed by atoms with Crippen LogP contribution in [0.4, 0.5) is 11.4 Å². The lowest BCUT2D eigenvalue weighted by Gasteiger charge is -2.18. The second-order valence-corrected chi connectivity index (χ2v) is 19.4. The van der Waals surface area contributed by atoms with Crippen LogP contribution in [0.15, 0.2) is 84.9 Å². The molecule has 0 radical (unpaired) electrons. The minimum atomic E-state index is 0.816. The number of aryl methyl sites for hydroxylation is 4. The third-order valence-electron chi connectivity index (χ3n) is 14.9. The van der Waals surface area contributed by atoms with Crippen molar-refractivity contribution in [2.75, 3.05) is 38.0 Å². The summed E-state index contributed by atoms with van der Waals surface area (Å²) in [5.74, 6) is 27.3. The van der Waals surface area contributed by atoms with Gasteiger partial charge in [-0.15, -0.1) is 0 Å². The highest BCUT2D eigenvalue weighted by molar-refractivity contribution is 6.10. The van der Waals surface area contributed by atoms with Crippen LogP contribution in [0.1, 0.15) is 148 Å². The van der Waals surface area contributed by atoms with E-state index >= 15 is 0 Å². The first-order valence-corrected chi connectivity index (χ1v) is 26.7. The van der Waals surface area contributed by atoms with Crippen molar-refractivity contribution in [3.63, 3.8) is 0 Å². The van der Waals surface area contributed by atoms with Gasteiger partial charge in [0.15, 0.2) is 0 Å². The van der Waals surface area contributed by atoms with Crippen molar-refractivity contribution in [2.45, 2.75) is 107 Å². The van der Waals surface area contributed by atoms with Crippen molar-refractivity contribution < 1.29 is 0 Å². The lowest BCUT2D eigenvalue weighted by atomic mass is 9.92. The summed E-state index contributed by atoms with van der Waals surface area (Å²) in [6.45, 7) is 18.0. The Labute approximate surface area is 439 Å². The fourth-order valence-electron chi connectivity index (χ4n) is 11.3. The number of nitrogens with one attached hydrogen (secondary N) is 2. The van der Waals surface area contributed by atoms with Gasteiger partial charge in [-0.3, -0.25) is 0 Å². The molecule has 2 aliphatic heterocycles. The van der Waals surface area contributed by atoms with Crippen molar-refractivity contribution in [1.29, 1.82) is 0 Å². The highest BCUT2D eigenvalue weighted by Crippen LogP contribution is 2.41. The third-order valence-corrected chi connectivity index (χ3v) is 14.9. The van der Waals surface area contributed by atoms with Crippen molar-refractivity contribution in [3.05, 3.63) is 152 Å². The number of aromatic amines is 2. The number of hydrogen-bond acceptors (Lipinski definition) is 4. The Kier molecular flexibility index (Phi) is 15.0. The molecule has 0 fully saturated rings. The zero-order valence-corrected chi connectivity index (χ0v) is 45.5. The van der Waals surface area contributed by atoms with Gasteiger partial charge in [-0.05, 0) is 183 Å². The van der Waals surface area contributed by atoms with Crippen LogP contribution >= 0.6 is 0 Å². The molecule has 0 amide bonds. The molecule has 0 unspecified atom stereocenters. The van der Waals surface area contributed by atoms with E-state index in [9.17, 15) is 0 Å². The lowest BCUT2D eigenvalue weighted by molar-refractivity contribution is 1.07. The number of anilines is 2. The van der Waals surface area contributed by atoms with E-state index in [-0.39, 0.29) is 0 Å². The molecule has 0 saturated carbocycles. The standard InChI is InChI=1S/C68H68N6/c1-13-46-48(15-3)63-41-65-50(17-5)52(19-7)67(71-65)60(68-53(20-8)51(18-6)66(72-68)42-64-49(16-4)47(14-2)62(70-64)40-61(46)69-63)36-28-27-35-59-57-33-25-23-31-55(57)54(56-32-24-26-34-58(56)59)30-22-21-29-43-37-44(73(9)10)39-45(38-43)74(11)12/h23-26,31-34,37-42,69,71H,13-20H2,1-12H3. The van der Waals surface area contributed by atoms with E-state index in [2.05, 4.69) is 207 Å². The number of aromatic nitrogens is 4. The number of H-pyrrole nitrogens is 2. The Bertz CT molecular complexity index is 3830. The molecule has 4 aromatic carbocycles. The quantitative estimate of drug-likeness (QED) is 0.106. The van der Waals surface area contributed by atoms with Crippen molar-refractivity contribution in [3.8, 4) is 47.4 Å². The molecule has 3 aromatic heterocycles. The molecule has 0 aliphatic carbocycles. The van der Waals surface area contributed by atoms with Crippen LogP contribution in [0.3, 0.4) is 0 Å². The SMILES string of the molecule is CCC1=C(CC)c2cc3[nH]c(cc4[nH]c(c(C#CC#Cc5c6ccccc6c(C#CC#Cc6cc(N(C)C)cc(N(C)C)c6)c6ccccc56)c5nc(cc1n2)C(CC)=C5CC)c(CC)c4CC)c(CC)c3CC. The Morgan fingerprint density at radius 3 is 1.27 bits per heavy atom. The summed E-state index contributed by atoms with van der Waals surface area (Å²) in [6.07, 6.45) is 7.01. The summed E-state index contributed by atoms with van der Waals surface area (Å²) in [5.41, 5.74) is 24.5. The van der Waals surface area contributed by atoms with Crippen molar-refractivity contribution >= 4 is 77.3 Å². The van der Waals surface area contributed by atoms with E-state index in [0.717, 1.165) is 151 Å². The second-order valence-electron chi connectivity index (χ2n) is 19.4. The molecule has 6 heteroatoms. The molecule has 9 rings (SSSR count). The van der Waals surface area contributed by atoms with Crippen LogP contribution in [0, 0.1) is 47.4 Å². The molecule has 6 nitrogen and oxygen atoms in total. The molecule has 0 atom stereocenters. The number of nitrogens with zero attached hydrogens (tertiary/aromatic N) is 4. The summed E-state index contributed by atoms with van der Waals surface area (Å²) < 4.78 is 0. The average molecular weight is 969 g/mol. The topological polar surface area (TPSA) is 63.8 Å². The molecule has 370 valence electrons. The van der Waals surface area contributed by atoms with Crippen LogP contribution < -0.4 is 9.80 Å². The van der Waals surface area contributed by atoms with Gasteiger partial charge >= 0.3 is 0 Å². The van der Waals surface area contributed by atoms with Crippen LogP contribution in [-0.2, 0) is 25.7 Å². The van der Waals surface area contributed by atoms with E-state index in [1.807, 2.05) is 28.2 Å². The van der Waals surface area contributed by atoms with Crippen molar-refractivity contribution in [1.82, 2.24) is 19.9 Å². The lowest BCUT2D eigenvalue weighted by Crippen LogP contribution is -2.12. The van der Waals surface area contributed by atoms with Gasteiger partial charge in [0.25, 0.3) is 0 Å². The van der Waals surface area contributed by atoms with E-state index in [0.29, 0.717) is 0 Å². The summed E-state index contributed by atoms with van der Waals surface area (Å²) in [4.78, 5) is 23.1. The highest BCUT2D eigenvalue weighted by atomic mass is 15.1. The zero-order valence-electron chi connectivity index (χ0n) is 45.5. The summed E-state index contributed by atoms with van der Waals surface area (Å²) in [5, 5.41) is 4.11. The first-order valence-electron chi connectivity index (χ1n) is 26.7. The zero-order chi connectivity index (χ0) is 52.2. The number of fused-ring (bicyclic) bond motifs is 10. The van der Waals surface area contributed by atoms with E-state index in [4.69, 9.17) is 9.97 Å². The van der Waals surface area contributed by atoms with Gasteiger partial charge in [0.1, 0.15) is 0 Å². The molecule has 7 aromatic rings. The van der Waals surface area contributed by atoms with Gasteiger partial charge in [-0.1, -0.05) is 122 Å². The van der Waals surface area contributed by atoms with E-state index in [1.54, 1.807) is 0 Å². The molecule has 2 N–H and O–H groups in total. The van der Waals surface area contributed by atoms with Crippen LogP contribution in [0.5, 0.6) is 0 Å². The normalized spacial score (nSPS) is 11.9. The van der Waals surface area contributed by atoms with Gasteiger partial charge in [-0.25, -0.2) is 9.97 Å². The van der Waals surface area contributed by atoms with Gasteiger partial charge in [0.05, 0.1) is 33.9 Å². The average Bonchev–Trinajstić information content (AvgIpc) is 4.15. The monoisotopic (exact) mass is 969 g/mol. The molecule has 5 heterocycles. The summed E-state index contributed by atoms with van der Waals surface area (Å²) in [6, 6.07) is 30.1. The summed E-state index contributed by atoms with van der Waals surface area (Å²) >= 11 is 0. The first-order chi connectivity index (χ1) is 36.0. The number of allylic oxidation sites excluding steroid dienone is 4. The maximum absolute atomic E-state index is 5.60. The van der Waals surface area contributed by atoms with Gasteiger partial charge in [0, 0.05) is 72.8 Å². The second kappa shape index (κ2) is 21.9. The molecule has 0 spiro atoms. The van der Waals surface area contributed by atoms with Crippen LogP contribution in [0.2, 0.25) is 0 Å². The predicted octanol–water partition coefficient (Wildman–Crippen LogP) is 15.3. The Hall–Kier alpha value is -8.16. The highest BCUT2D eigenvalue weighted by Gasteiger charge is 2.25. The Morgan fingerprint density at radius 2 is 0.797 bits per heavy atom. The first kappa shape index (κ1) is 50.8. The van der Waals surface area contributed by atoms with Crippen LogP contribution in [0.25, 0.3) is 65.9 Å². The minimum absolute atomic E-state index is 0.816. The van der Waals surface area contributed by atoms with Gasteiger partial charge in [0.2, 0.25) is 0 Å². The number of rotatable bonds is 10. The molecule has 8 bridgehead atoms. The maximum atomic E-state index is 5.60. The van der Waals surface area contributed by atoms with Crippen molar-refractivity contribution in [2.24, 2.45) is 0 Å². The summed E-state index contributed by atoms with van der Waals surface area (Å²) in [7, 11) is 8.18. The number of benzene rings is 4. The third kappa shape index (κ3) is 9.39. The van der Waals surface area contributed by atoms with Crippen LogP contribution in [-0.4, -0.2) is 48.1 Å². The molecular formula is C68H68N6. The largest absolute Gasteiger partial charge is 0.378 e. The van der Waals surface area contributed by atoms with Gasteiger partial charge < -0.3 is 19.8 Å². The Balaban J connectivity index is 1.28. The molecule has 0 saturated heterocycles. The van der Waals surface area contributed by atoms with E-state index in [1.165, 1.54) is 44.5 Å². The number of hydrogen-bond donors (Lipinski definition) is 2. The Morgan fingerprint density at radius 1 is 0.392 bits per heavy atom. The fraction of sp³-hybridized carbons (Fsp3) is 0.294. The predicted molar refractivity (Wildman–Crippen MR) is 317 cm³/mol. The fourth-order valence-corrected chi connectivity index (χ4v) is 11.3. The molecule has 2 aliphatic rings.